The molecule has 66 valence electrons. The maximum atomic E-state index is 11.1. The van der Waals surface area contributed by atoms with E-state index in [1.54, 1.807) is 5.38 Å². The lowest BCUT2D eigenvalue weighted by Gasteiger charge is -2.00. The first-order valence-corrected chi connectivity index (χ1v) is 4.08. The molecule has 2 N–H and O–H groups in total. The average molecular weight is 187 g/mol. The van der Waals surface area contributed by atoms with Crippen LogP contribution in [0.2, 0.25) is 0 Å². The lowest BCUT2D eigenvalue weighted by Crippen LogP contribution is -2.01. The highest BCUT2D eigenvalue weighted by molar-refractivity contribution is 7.12. The summed E-state index contributed by atoms with van der Waals surface area (Å²) < 4.78 is 9.45. The minimum Gasteiger partial charge on any atom is -0.493 e. The summed E-state index contributed by atoms with van der Waals surface area (Å²) in [6.07, 6.45) is 0. The van der Waals surface area contributed by atoms with Gasteiger partial charge in [0.2, 0.25) is 0 Å². The number of methoxy groups -OCH3 is 2. The van der Waals surface area contributed by atoms with Gasteiger partial charge < -0.3 is 15.2 Å². The van der Waals surface area contributed by atoms with Gasteiger partial charge in [-0.2, -0.15) is 0 Å². The van der Waals surface area contributed by atoms with Crippen molar-refractivity contribution in [2.75, 3.05) is 20.0 Å². The Balaban J connectivity index is 3.07. The number of hydrogen-bond acceptors (Lipinski definition) is 5. The summed E-state index contributed by atoms with van der Waals surface area (Å²) in [6, 6.07) is 0. The molecule has 0 spiro atoms. The third kappa shape index (κ3) is 1.35. The topological polar surface area (TPSA) is 61.5 Å². The van der Waals surface area contributed by atoms with Crippen LogP contribution in [0.4, 0.5) is 5.69 Å². The highest BCUT2D eigenvalue weighted by Gasteiger charge is 2.17. The molecule has 0 amide bonds. The first-order valence-electron chi connectivity index (χ1n) is 3.20. The van der Waals surface area contributed by atoms with Gasteiger partial charge in [0, 0.05) is 5.38 Å². The van der Waals surface area contributed by atoms with Crippen molar-refractivity contribution in [2.24, 2.45) is 0 Å². The smallest absolute Gasteiger partial charge is 0.351 e. The summed E-state index contributed by atoms with van der Waals surface area (Å²) in [5.74, 6) is -0.0274. The SMILES string of the molecule is COC(=O)c1scc(N)c1OC. The lowest BCUT2D eigenvalue weighted by molar-refractivity contribution is 0.0603. The molecule has 1 aromatic heterocycles. The first kappa shape index (κ1) is 8.86. The molecular formula is C7H9NO3S. The fourth-order valence-electron chi connectivity index (χ4n) is 0.805. The maximum absolute atomic E-state index is 11.1. The number of ether oxygens (including phenoxy) is 2. The van der Waals surface area contributed by atoms with Crippen LogP contribution in [0.5, 0.6) is 5.75 Å². The zero-order chi connectivity index (χ0) is 9.14. The van der Waals surface area contributed by atoms with Gasteiger partial charge in [0.05, 0.1) is 19.9 Å². The monoisotopic (exact) mass is 187 g/mol. The minimum absolute atomic E-state index is 0.395. The van der Waals surface area contributed by atoms with Crippen LogP contribution in [0.15, 0.2) is 5.38 Å². The van der Waals surface area contributed by atoms with Crippen LogP contribution < -0.4 is 10.5 Å². The first-order chi connectivity index (χ1) is 5.70. The normalized spacial score (nSPS) is 9.50. The van der Waals surface area contributed by atoms with Gasteiger partial charge in [0.1, 0.15) is 0 Å². The number of rotatable bonds is 2. The zero-order valence-corrected chi connectivity index (χ0v) is 7.60. The summed E-state index contributed by atoms with van der Waals surface area (Å²) in [7, 11) is 2.78. The van der Waals surface area contributed by atoms with E-state index in [9.17, 15) is 4.79 Å². The largest absolute Gasteiger partial charge is 0.493 e. The number of hydrogen-bond donors (Lipinski definition) is 1. The summed E-state index contributed by atoms with van der Waals surface area (Å²) in [6.45, 7) is 0. The van der Waals surface area contributed by atoms with Crippen molar-refractivity contribution in [1.29, 1.82) is 0 Å². The van der Waals surface area contributed by atoms with Crippen LogP contribution in [0, 0.1) is 0 Å². The van der Waals surface area contributed by atoms with Crippen molar-refractivity contribution in [3.8, 4) is 5.75 Å². The van der Waals surface area contributed by atoms with Gasteiger partial charge in [-0.1, -0.05) is 0 Å². The van der Waals surface area contributed by atoms with Gasteiger partial charge in [-0.3, -0.25) is 0 Å². The van der Waals surface area contributed by atoms with E-state index in [-0.39, 0.29) is 0 Å². The number of nitrogens with two attached hydrogens (primary N) is 1. The maximum Gasteiger partial charge on any atom is 0.351 e. The summed E-state index contributed by atoms with van der Waals surface area (Å²) in [4.78, 5) is 11.5. The third-order valence-electron chi connectivity index (χ3n) is 1.35. The molecule has 0 atom stereocenters. The molecular weight excluding hydrogens is 178 g/mol. The second-order valence-electron chi connectivity index (χ2n) is 2.04. The minimum atomic E-state index is -0.423. The number of nitrogen functional groups attached to an aromatic ring is 1. The molecule has 0 saturated heterocycles. The fourth-order valence-corrected chi connectivity index (χ4v) is 1.64. The highest BCUT2D eigenvalue weighted by atomic mass is 32.1. The van der Waals surface area contributed by atoms with Crippen molar-refractivity contribution >= 4 is 23.0 Å². The molecule has 1 heterocycles. The molecule has 0 bridgehead atoms. The van der Waals surface area contributed by atoms with E-state index in [4.69, 9.17) is 10.5 Å². The quantitative estimate of drug-likeness (QED) is 0.705. The van der Waals surface area contributed by atoms with E-state index in [0.29, 0.717) is 16.3 Å². The van der Waals surface area contributed by atoms with Crippen LogP contribution in [-0.2, 0) is 4.74 Å². The van der Waals surface area contributed by atoms with Gasteiger partial charge in [-0.05, 0) is 0 Å². The van der Waals surface area contributed by atoms with Crippen molar-refractivity contribution in [2.45, 2.75) is 0 Å². The summed E-state index contributed by atoms with van der Waals surface area (Å²) in [5, 5.41) is 1.64. The van der Waals surface area contributed by atoms with E-state index in [1.807, 2.05) is 0 Å². The summed E-state index contributed by atoms with van der Waals surface area (Å²) in [5.41, 5.74) is 5.98. The Labute approximate surface area is 73.9 Å². The van der Waals surface area contributed by atoms with Gasteiger partial charge in [0.15, 0.2) is 10.6 Å². The molecule has 0 fully saturated rings. The van der Waals surface area contributed by atoms with Crippen LogP contribution >= 0.6 is 11.3 Å². The third-order valence-corrected chi connectivity index (χ3v) is 2.31. The molecule has 4 nitrogen and oxygen atoms in total. The van der Waals surface area contributed by atoms with E-state index in [0.717, 1.165) is 0 Å². The van der Waals surface area contributed by atoms with Crippen LogP contribution in [-0.4, -0.2) is 20.2 Å². The van der Waals surface area contributed by atoms with E-state index in [1.165, 1.54) is 25.6 Å². The predicted molar refractivity (Wildman–Crippen MR) is 46.6 cm³/mol. The second-order valence-corrected chi connectivity index (χ2v) is 2.92. The Morgan fingerprint density at radius 1 is 1.58 bits per heavy atom. The molecule has 0 aliphatic rings. The Bertz CT molecular complexity index is 295. The number of carbonyl (C=O) groups excluding carboxylic acids is 1. The van der Waals surface area contributed by atoms with Crippen molar-refractivity contribution < 1.29 is 14.3 Å². The fraction of sp³-hybridized carbons (Fsp3) is 0.286. The molecule has 1 aromatic rings. The molecule has 0 aliphatic carbocycles. The number of esters is 1. The van der Waals surface area contributed by atoms with Crippen LogP contribution in [0.1, 0.15) is 9.67 Å². The number of thiophene rings is 1. The molecule has 0 radical (unpaired) electrons. The van der Waals surface area contributed by atoms with E-state index in [2.05, 4.69) is 4.74 Å². The second kappa shape index (κ2) is 3.44. The average Bonchev–Trinajstić information content (AvgIpc) is 2.45. The Hall–Kier alpha value is -1.23. The molecule has 5 heteroatoms. The van der Waals surface area contributed by atoms with Gasteiger partial charge >= 0.3 is 5.97 Å². The van der Waals surface area contributed by atoms with Crippen molar-refractivity contribution in [3.05, 3.63) is 10.3 Å². The molecule has 1 rings (SSSR count). The molecule has 12 heavy (non-hydrogen) atoms. The number of carbonyl (C=O) groups is 1. The van der Waals surface area contributed by atoms with Crippen molar-refractivity contribution in [3.63, 3.8) is 0 Å². The van der Waals surface area contributed by atoms with Gasteiger partial charge in [-0.15, -0.1) is 11.3 Å². The molecule has 0 aromatic carbocycles. The Kier molecular flexibility index (Phi) is 2.54. The predicted octanol–water partition coefficient (Wildman–Crippen LogP) is 1.13. The lowest BCUT2D eigenvalue weighted by atomic mass is 10.4. The van der Waals surface area contributed by atoms with E-state index >= 15 is 0 Å². The number of anilines is 1. The van der Waals surface area contributed by atoms with Gasteiger partial charge in [-0.25, -0.2) is 4.79 Å². The van der Waals surface area contributed by atoms with Gasteiger partial charge in [0.25, 0.3) is 0 Å². The van der Waals surface area contributed by atoms with Crippen LogP contribution in [0.25, 0.3) is 0 Å². The standard InChI is InChI=1S/C7H9NO3S/c1-10-5-4(8)3-12-6(5)7(9)11-2/h3H,8H2,1-2H3. The zero-order valence-electron chi connectivity index (χ0n) is 6.79. The summed E-state index contributed by atoms with van der Waals surface area (Å²) >= 11 is 1.21. The van der Waals surface area contributed by atoms with Crippen molar-refractivity contribution in [1.82, 2.24) is 0 Å². The Morgan fingerprint density at radius 3 is 2.75 bits per heavy atom. The van der Waals surface area contributed by atoms with Crippen LogP contribution in [0.3, 0.4) is 0 Å². The Morgan fingerprint density at radius 2 is 2.25 bits per heavy atom. The van der Waals surface area contributed by atoms with E-state index < -0.39 is 5.97 Å². The molecule has 0 unspecified atom stereocenters. The molecule has 0 aliphatic heterocycles. The highest BCUT2D eigenvalue weighted by Crippen LogP contribution is 2.32. The molecule has 0 saturated carbocycles.